The summed E-state index contributed by atoms with van der Waals surface area (Å²) in [5, 5.41) is 2.82. The summed E-state index contributed by atoms with van der Waals surface area (Å²) in [5.41, 5.74) is 3.02. The van der Waals surface area contributed by atoms with Crippen molar-refractivity contribution in [2.24, 2.45) is 0 Å². The third-order valence-electron chi connectivity index (χ3n) is 3.64. The number of hydrogen-bond acceptors (Lipinski definition) is 3. The molecule has 1 aliphatic rings. The van der Waals surface area contributed by atoms with Crippen LogP contribution in [0.5, 0.6) is 0 Å². The SMILES string of the molecule is Cc1ccccc1NC(=O)C1Cc2cc(Br)ccc2C(=O)O1. The molecule has 0 saturated carbocycles. The Bertz CT molecular complexity index is 757. The van der Waals surface area contributed by atoms with E-state index in [2.05, 4.69) is 21.2 Å². The lowest BCUT2D eigenvalue weighted by atomic mass is 9.98. The zero-order valence-electron chi connectivity index (χ0n) is 11.9. The summed E-state index contributed by atoms with van der Waals surface area (Å²) in [5.74, 6) is -0.771. The molecule has 4 nitrogen and oxygen atoms in total. The van der Waals surface area contributed by atoms with Crippen LogP contribution in [0.1, 0.15) is 21.5 Å². The minimum absolute atomic E-state index is 0.312. The number of cyclic esters (lactones) is 1. The summed E-state index contributed by atoms with van der Waals surface area (Å²) in [6, 6.07) is 12.8. The molecule has 1 atom stereocenters. The molecule has 2 aromatic rings. The Hall–Kier alpha value is -2.14. The van der Waals surface area contributed by atoms with Crippen molar-refractivity contribution in [1.29, 1.82) is 0 Å². The number of fused-ring (bicyclic) bond motifs is 1. The fourth-order valence-corrected chi connectivity index (χ4v) is 2.85. The molecule has 22 heavy (non-hydrogen) atoms. The second-order valence-corrected chi connectivity index (χ2v) is 6.12. The van der Waals surface area contributed by atoms with Gasteiger partial charge in [0.1, 0.15) is 0 Å². The molecule has 0 bridgehead atoms. The number of rotatable bonds is 2. The fraction of sp³-hybridized carbons (Fsp3) is 0.176. The van der Waals surface area contributed by atoms with Crippen LogP contribution in [0.15, 0.2) is 46.9 Å². The highest BCUT2D eigenvalue weighted by atomic mass is 79.9. The quantitative estimate of drug-likeness (QED) is 0.835. The summed E-state index contributed by atoms with van der Waals surface area (Å²) < 4.78 is 6.13. The van der Waals surface area contributed by atoms with Gasteiger partial charge in [-0.25, -0.2) is 4.79 Å². The van der Waals surface area contributed by atoms with Crippen molar-refractivity contribution in [2.75, 3.05) is 5.32 Å². The zero-order chi connectivity index (χ0) is 15.7. The summed E-state index contributed by atoms with van der Waals surface area (Å²) in [6.45, 7) is 1.91. The predicted molar refractivity (Wildman–Crippen MR) is 86.9 cm³/mol. The maximum atomic E-state index is 12.4. The Morgan fingerprint density at radius 3 is 2.82 bits per heavy atom. The summed E-state index contributed by atoms with van der Waals surface area (Å²) in [7, 11) is 0. The van der Waals surface area contributed by atoms with Crippen LogP contribution in [0, 0.1) is 6.92 Å². The van der Waals surface area contributed by atoms with Crippen LogP contribution < -0.4 is 5.32 Å². The van der Waals surface area contributed by atoms with Gasteiger partial charge in [-0.3, -0.25) is 4.79 Å². The number of carbonyl (C=O) groups is 2. The second kappa shape index (κ2) is 5.93. The normalized spacial score (nSPS) is 16.6. The molecule has 112 valence electrons. The molecule has 0 spiro atoms. The highest BCUT2D eigenvalue weighted by Gasteiger charge is 2.31. The highest BCUT2D eigenvalue weighted by molar-refractivity contribution is 9.10. The van der Waals surface area contributed by atoms with Crippen LogP contribution in [0.2, 0.25) is 0 Å². The summed E-state index contributed by atoms with van der Waals surface area (Å²) in [6.07, 6.45) is -0.438. The van der Waals surface area contributed by atoms with Crippen LogP contribution in [0.4, 0.5) is 5.69 Å². The Kier molecular flexibility index (Phi) is 3.98. The van der Waals surface area contributed by atoms with Gasteiger partial charge < -0.3 is 10.1 Å². The van der Waals surface area contributed by atoms with Gasteiger partial charge in [0.2, 0.25) is 0 Å². The molecule has 1 N–H and O–H groups in total. The molecule has 2 aromatic carbocycles. The van der Waals surface area contributed by atoms with Gasteiger partial charge in [0.15, 0.2) is 6.10 Å². The third kappa shape index (κ3) is 2.90. The number of ether oxygens (including phenoxy) is 1. The molecule has 0 radical (unpaired) electrons. The van der Waals surface area contributed by atoms with Crippen LogP contribution in [-0.4, -0.2) is 18.0 Å². The lowest BCUT2D eigenvalue weighted by Crippen LogP contribution is -2.38. The van der Waals surface area contributed by atoms with Gasteiger partial charge >= 0.3 is 5.97 Å². The third-order valence-corrected chi connectivity index (χ3v) is 4.13. The second-order valence-electron chi connectivity index (χ2n) is 5.20. The smallest absolute Gasteiger partial charge is 0.339 e. The van der Waals surface area contributed by atoms with E-state index in [1.54, 1.807) is 12.1 Å². The number of esters is 1. The Morgan fingerprint density at radius 2 is 2.05 bits per heavy atom. The number of halogens is 1. The minimum Gasteiger partial charge on any atom is -0.448 e. The molecule has 0 aromatic heterocycles. The van der Waals surface area contributed by atoms with E-state index in [-0.39, 0.29) is 5.91 Å². The first-order valence-electron chi connectivity index (χ1n) is 6.90. The average molecular weight is 360 g/mol. The van der Waals surface area contributed by atoms with E-state index in [1.807, 2.05) is 37.3 Å². The van der Waals surface area contributed by atoms with Gasteiger partial charge in [0.25, 0.3) is 5.91 Å². The van der Waals surface area contributed by atoms with Crippen molar-refractivity contribution in [3.05, 3.63) is 63.6 Å². The lowest BCUT2D eigenvalue weighted by Gasteiger charge is -2.24. The Balaban J connectivity index is 1.80. The summed E-state index contributed by atoms with van der Waals surface area (Å²) >= 11 is 3.38. The van der Waals surface area contributed by atoms with Crippen molar-refractivity contribution in [2.45, 2.75) is 19.4 Å². The van der Waals surface area contributed by atoms with Gasteiger partial charge in [0, 0.05) is 16.6 Å². The highest BCUT2D eigenvalue weighted by Crippen LogP contribution is 2.25. The molecule has 0 aliphatic carbocycles. The van der Waals surface area contributed by atoms with Crippen molar-refractivity contribution in [3.63, 3.8) is 0 Å². The number of anilines is 1. The van der Waals surface area contributed by atoms with Gasteiger partial charge in [0.05, 0.1) is 5.56 Å². The van der Waals surface area contributed by atoms with E-state index in [9.17, 15) is 9.59 Å². The summed E-state index contributed by atoms with van der Waals surface area (Å²) in [4.78, 5) is 24.4. The standard InChI is InChI=1S/C17H14BrNO3/c1-10-4-2-3-5-14(10)19-16(20)15-9-11-8-12(18)6-7-13(11)17(21)22-15/h2-8,15H,9H2,1H3,(H,19,20). The number of benzene rings is 2. The maximum Gasteiger partial charge on any atom is 0.339 e. The van der Waals surface area contributed by atoms with Crippen molar-refractivity contribution >= 4 is 33.5 Å². The Morgan fingerprint density at radius 1 is 1.27 bits per heavy atom. The van der Waals surface area contributed by atoms with Crippen molar-refractivity contribution in [3.8, 4) is 0 Å². The molecular formula is C17H14BrNO3. The first kappa shape index (κ1) is 14.8. The topological polar surface area (TPSA) is 55.4 Å². The van der Waals surface area contributed by atoms with Gasteiger partial charge in [-0.2, -0.15) is 0 Å². The predicted octanol–water partition coefficient (Wildman–Crippen LogP) is 3.48. The number of para-hydroxylation sites is 1. The van der Waals surface area contributed by atoms with E-state index in [4.69, 9.17) is 4.74 Å². The van der Waals surface area contributed by atoms with E-state index in [0.29, 0.717) is 12.0 Å². The van der Waals surface area contributed by atoms with Crippen LogP contribution in [0.3, 0.4) is 0 Å². The largest absolute Gasteiger partial charge is 0.448 e. The molecule has 3 rings (SSSR count). The van der Waals surface area contributed by atoms with Crippen LogP contribution in [0.25, 0.3) is 0 Å². The van der Waals surface area contributed by atoms with Gasteiger partial charge in [-0.1, -0.05) is 34.1 Å². The Labute approximate surface area is 136 Å². The lowest BCUT2D eigenvalue weighted by molar-refractivity contribution is -0.125. The molecule has 1 heterocycles. The number of hydrogen-bond donors (Lipinski definition) is 1. The van der Waals surface area contributed by atoms with Crippen LogP contribution in [-0.2, 0) is 16.0 Å². The van der Waals surface area contributed by atoms with E-state index >= 15 is 0 Å². The van der Waals surface area contributed by atoms with Crippen molar-refractivity contribution in [1.82, 2.24) is 0 Å². The number of nitrogens with one attached hydrogen (secondary N) is 1. The van der Waals surface area contributed by atoms with Crippen molar-refractivity contribution < 1.29 is 14.3 Å². The minimum atomic E-state index is -0.811. The van der Waals surface area contributed by atoms with Crippen LogP contribution >= 0.6 is 15.9 Å². The molecule has 1 amide bonds. The first-order valence-corrected chi connectivity index (χ1v) is 7.70. The first-order chi connectivity index (χ1) is 10.5. The molecular weight excluding hydrogens is 346 g/mol. The molecule has 1 unspecified atom stereocenters. The molecule has 5 heteroatoms. The van der Waals surface area contributed by atoms with E-state index in [0.717, 1.165) is 21.3 Å². The van der Waals surface area contributed by atoms with Gasteiger partial charge in [-0.15, -0.1) is 0 Å². The average Bonchev–Trinajstić information content (AvgIpc) is 2.49. The van der Waals surface area contributed by atoms with E-state index < -0.39 is 12.1 Å². The molecule has 0 fully saturated rings. The van der Waals surface area contributed by atoms with E-state index in [1.165, 1.54) is 0 Å². The zero-order valence-corrected chi connectivity index (χ0v) is 13.5. The fourth-order valence-electron chi connectivity index (χ4n) is 2.44. The van der Waals surface area contributed by atoms with Gasteiger partial charge in [-0.05, 0) is 42.3 Å². The number of amides is 1. The molecule has 1 aliphatic heterocycles. The molecule has 0 saturated heterocycles. The number of aryl methyl sites for hydroxylation is 1. The maximum absolute atomic E-state index is 12.4. The monoisotopic (exact) mass is 359 g/mol. The number of carbonyl (C=O) groups excluding carboxylic acids is 2.